The number of nitrogens with one attached hydrogen (secondary N) is 2. The molecular weight excluding hydrogens is 468 g/mol. The Labute approximate surface area is 205 Å². The number of aromatic amines is 1. The van der Waals surface area contributed by atoms with Crippen LogP contribution in [0.3, 0.4) is 0 Å². The number of para-hydroxylation sites is 1. The number of nitrogens with zero attached hydrogens (tertiary/aromatic N) is 2. The molecule has 0 atom stereocenters. The number of fused-ring (bicyclic) bond motifs is 3. The predicted octanol–water partition coefficient (Wildman–Crippen LogP) is 5.87. The van der Waals surface area contributed by atoms with Crippen LogP contribution in [0.5, 0.6) is 0 Å². The fraction of sp³-hybridized carbons (Fsp3) is 0.115. The smallest absolute Gasteiger partial charge is 0.283 e. The summed E-state index contributed by atoms with van der Waals surface area (Å²) < 4.78 is 1.58. The van der Waals surface area contributed by atoms with E-state index < -0.39 is 0 Å². The van der Waals surface area contributed by atoms with E-state index in [9.17, 15) is 9.59 Å². The van der Waals surface area contributed by atoms with Crippen LogP contribution in [0.4, 0.5) is 5.69 Å². The molecular formula is C26H21ClN4O2S. The van der Waals surface area contributed by atoms with Crippen LogP contribution in [0.25, 0.3) is 27.6 Å². The molecule has 0 saturated carbocycles. The minimum Gasteiger partial charge on any atom is -0.349 e. The molecule has 0 spiro atoms. The highest BCUT2D eigenvalue weighted by molar-refractivity contribution is 7.99. The molecule has 3 aromatic carbocycles. The van der Waals surface area contributed by atoms with Crippen molar-refractivity contribution in [2.75, 3.05) is 11.1 Å². The Bertz CT molecular complexity index is 1590. The molecule has 5 rings (SSSR count). The van der Waals surface area contributed by atoms with Crippen LogP contribution in [0.2, 0.25) is 5.02 Å². The van der Waals surface area contributed by atoms with Gasteiger partial charge >= 0.3 is 0 Å². The Balaban J connectivity index is 1.58. The van der Waals surface area contributed by atoms with Crippen molar-refractivity contribution in [1.29, 1.82) is 0 Å². The Morgan fingerprint density at radius 1 is 1.06 bits per heavy atom. The lowest BCUT2D eigenvalue weighted by Gasteiger charge is -2.13. The summed E-state index contributed by atoms with van der Waals surface area (Å²) in [4.78, 5) is 34.4. The van der Waals surface area contributed by atoms with E-state index in [4.69, 9.17) is 16.6 Å². The third-order valence-electron chi connectivity index (χ3n) is 5.42. The van der Waals surface area contributed by atoms with Crippen LogP contribution in [-0.4, -0.2) is 26.2 Å². The van der Waals surface area contributed by atoms with Crippen molar-refractivity contribution in [1.82, 2.24) is 14.5 Å². The van der Waals surface area contributed by atoms with Gasteiger partial charge in [0.2, 0.25) is 5.91 Å². The molecule has 170 valence electrons. The molecule has 0 saturated heterocycles. The zero-order valence-corrected chi connectivity index (χ0v) is 20.1. The van der Waals surface area contributed by atoms with E-state index in [1.807, 2.05) is 50.2 Å². The standard InChI is InChI=1S/C26H21ClN4O2S/c1-15-11-16(2)13-19(12-15)31-25(33)24-23(20-5-3-4-6-21(20)29-24)30-26(31)34-14-22(32)28-18-9-7-17(27)8-10-18/h3-13,29H,14H2,1-2H3,(H,28,32). The van der Waals surface area contributed by atoms with Crippen molar-refractivity contribution < 1.29 is 4.79 Å². The molecule has 0 fully saturated rings. The monoisotopic (exact) mass is 488 g/mol. The van der Waals surface area contributed by atoms with Gasteiger partial charge in [0, 0.05) is 21.6 Å². The van der Waals surface area contributed by atoms with Gasteiger partial charge in [0.1, 0.15) is 11.0 Å². The van der Waals surface area contributed by atoms with Gasteiger partial charge in [-0.25, -0.2) is 4.98 Å². The van der Waals surface area contributed by atoms with Crippen molar-refractivity contribution >= 4 is 56.9 Å². The average Bonchev–Trinajstić information content (AvgIpc) is 3.18. The minimum atomic E-state index is -0.202. The molecule has 8 heteroatoms. The Morgan fingerprint density at radius 3 is 2.50 bits per heavy atom. The van der Waals surface area contributed by atoms with Crippen LogP contribution in [0.1, 0.15) is 11.1 Å². The summed E-state index contributed by atoms with van der Waals surface area (Å²) in [5, 5.41) is 4.78. The largest absolute Gasteiger partial charge is 0.349 e. The van der Waals surface area contributed by atoms with E-state index in [1.54, 1.807) is 28.8 Å². The van der Waals surface area contributed by atoms with Crippen molar-refractivity contribution in [2.45, 2.75) is 19.0 Å². The molecule has 34 heavy (non-hydrogen) atoms. The van der Waals surface area contributed by atoms with E-state index in [2.05, 4.69) is 16.4 Å². The van der Waals surface area contributed by atoms with Gasteiger partial charge in [-0.15, -0.1) is 0 Å². The summed E-state index contributed by atoms with van der Waals surface area (Å²) >= 11 is 7.15. The van der Waals surface area contributed by atoms with Crippen molar-refractivity contribution in [3.63, 3.8) is 0 Å². The van der Waals surface area contributed by atoms with Gasteiger partial charge < -0.3 is 10.3 Å². The number of H-pyrrole nitrogens is 1. The molecule has 0 unspecified atom stereocenters. The van der Waals surface area contributed by atoms with E-state index in [0.717, 1.165) is 27.7 Å². The molecule has 0 aliphatic rings. The molecule has 0 radical (unpaired) electrons. The van der Waals surface area contributed by atoms with Crippen molar-refractivity contribution in [3.05, 3.63) is 93.2 Å². The van der Waals surface area contributed by atoms with Crippen LogP contribution in [0.15, 0.2) is 76.7 Å². The first-order chi connectivity index (χ1) is 16.4. The van der Waals surface area contributed by atoms with Gasteiger partial charge in [0.05, 0.1) is 11.4 Å². The molecule has 0 aliphatic carbocycles. The second kappa shape index (κ2) is 9.00. The number of anilines is 1. The van der Waals surface area contributed by atoms with E-state index in [-0.39, 0.29) is 17.2 Å². The molecule has 2 heterocycles. The maximum atomic E-state index is 13.7. The zero-order valence-electron chi connectivity index (χ0n) is 18.6. The normalized spacial score (nSPS) is 11.3. The van der Waals surface area contributed by atoms with E-state index in [1.165, 1.54) is 11.8 Å². The third kappa shape index (κ3) is 4.32. The highest BCUT2D eigenvalue weighted by Crippen LogP contribution is 2.27. The van der Waals surface area contributed by atoms with Crippen molar-refractivity contribution in [2.24, 2.45) is 0 Å². The number of carbonyl (C=O) groups excluding carboxylic acids is 1. The molecule has 1 amide bonds. The molecule has 2 N–H and O–H groups in total. The summed E-state index contributed by atoms with van der Waals surface area (Å²) in [6, 6.07) is 20.5. The number of halogens is 1. The number of hydrogen-bond acceptors (Lipinski definition) is 4. The van der Waals surface area contributed by atoms with Gasteiger partial charge in [0.25, 0.3) is 5.56 Å². The summed E-state index contributed by atoms with van der Waals surface area (Å²) in [6.45, 7) is 3.98. The van der Waals surface area contributed by atoms with Crippen LogP contribution in [-0.2, 0) is 4.79 Å². The van der Waals surface area contributed by atoms with Crippen LogP contribution in [0, 0.1) is 13.8 Å². The maximum Gasteiger partial charge on any atom is 0.283 e. The van der Waals surface area contributed by atoms with Gasteiger partial charge in [-0.05, 0) is 67.4 Å². The lowest BCUT2D eigenvalue weighted by Crippen LogP contribution is -2.23. The van der Waals surface area contributed by atoms with Gasteiger partial charge in [0.15, 0.2) is 5.16 Å². The maximum absolute atomic E-state index is 13.7. The highest BCUT2D eigenvalue weighted by atomic mass is 35.5. The number of benzene rings is 3. The van der Waals surface area contributed by atoms with Gasteiger partial charge in [-0.3, -0.25) is 14.2 Å². The summed E-state index contributed by atoms with van der Waals surface area (Å²) in [6.07, 6.45) is 0. The zero-order chi connectivity index (χ0) is 23.8. The highest BCUT2D eigenvalue weighted by Gasteiger charge is 2.18. The first-order valence-corrected chi connectivity index (χ1v) is 12.1. The Kier molecular flexibility index (Phi) is 5.89. The minimum absolute atomic E-state index is 0.0910. The fourth-order valence-corrected chi connectivity index (χ4v) is 4.94. The third-order valence-corrected chi connectivity index (χ3v) is 6.61. The predicted molar refractivity (Wildman–Crippen MR) is 139 cm³/mol. The quantitative estimate of drug-likeness (QED) is 0.239. The molecule has 6 nitrogen and oxygen atoms in total. The lowest BCUT2D eigenvalue weighted by atomic mass is 10.1. The Hall–Kier alpha value is -3.55. The average molecular weight is 489 g/mol. The first-order valence-electron chi connectivity index (χ1n) is 10.7. The topological polar surface area (TPSA) is 79.8 Å². The first kappa shape index (κ1) is 22.3. The number of carbonyl (C=O) groups is 1. The number of aromatic nitrogens is 3. The molecule has 5 aromatic rings. The fourth-order valence-electron chi connectivity index (χ4n) is 4.01. The van der Waals surface area contributed by atoms with E-state index in [0.29, 0.717) is 26.9 Å². The van der Waals surface area contributed by atoms with Crippen LogP contribution < -0.4 is 10.9 Å². The number of amides is 1. The van der Waals surface area contributed by atoms with Crippen LogP contribution >= 0.6 is 23.4 Å². The summed E-state index contributed by atoms with van der Waals surface area (Å²) in [7, 11) is 0. The number of aryl methyl sites for hydroxylation is 2. The molecule has 2 aromatic heterocycles. The number of thioether (sulfide) groups is 1. The second-order valence-electron chi connectivity index (χ2n) is 8.12. The summed E-state index contributed by atoms with van der Waals surface area (Å²) in [5.74, 6) is -0.110. The second-order valence-corrected chi connectivity index (χ2v) is 9.50. The molecule has 0 bridgehead atoms. The molecule has 0 aliphatic heterocycles. The van der Waals surface area contributed by atoms with Gasteiger partial charge in [-0.2, -0.15) is 0 Å². The Morgan fingerprint density at radius 2 is 1.76 bits per heavy atom. The van der Waals surface area contributed by atoms with Gasteiger partial charge in [-0.1, -0.05) is 47.6 Å². The lowest BCUT2D eigenvalue weighted by molar-refractivity contribution is -0.113. The van der Waals surface area contributed by atoms with E-state index >= 15 is 0 Å². The summed E-state index contributed by atoms with van der Waals surface area (Å²) in [5.41, 5.74) is 5.13. The number of rotatable bonds is 5. The number of hydrogen-bond donors (Lipinski definition) is 2. The SMILES string of the molecule is Cc1cc(C)cc(-n2c(SCC(=O)Nc3ccc(Cl)cc3)nc3c([nH]c4ccccc43)c2=O)c1. The van der Waals surface area contributed by atoms with Crippen molar-refractivity contribution in [3.8, 4) is 5.69 Å².